The molecule has 184 valence electrons. The number of carbonyl (C=O) groups excluding carboxylic acids is 1. The van der Waals surface area contributed by atoms with Crippen molar-refractivity contribution in [3.63, 3.8) is 0 Å². The molecular weight excluding hydrogens is 422 g/mol. The predicted molar refractivity (Wildman–Crippen MR) is 133 cm³/mol. The van der Waals surface area contributed by atoms with Crippen molar-refractivity contribution in [3.8, 4) is 0 Å². The molecule has 6 rings (SSSR count). The summed E-state index contributed by atoms with van der Waals surface area (Å²) in [6.07, 6.45) is 14.4. The first-order valence-electron chi connectivity index (χ1n) is 13.6. The molecule has 2 aromatic rings. The molecule has 4 saturated carbocycles. The second-order valence-corrected chi connectivity index (χ2v) is 13.3. The minimum Gasteiger partial charge on any atom is -0.390 e. The first-order valence-corrected chi connectivity index (χ1v) is 13.6. The molecule has 0 spiro atoms. The Morgan fingerprint density at radius 3 is 2.71 bits per heavy atom. The third-order valence-corrected chi connectivity index (χ3v) is 11.5. The highest BCUT2D eigenvalue weighted by atomic mass is 16.3. The van der Waals surface area contributed by atoms with Crippen molar-refractivity contribution in [3.05, 3.63) is 24.7 Å². The molecule has 0 aliphatic heterocycles. The van der Waals surface area contributed by atoms with E-state index in [-0.39, 0.29) is 11.3 Å². The number of Topliss-reactive ketones (excluding diaryl/α,β-unsaturated/α-hetero) is 1. The van der Waals surface area contributed by atoms with Crippen molar-refractivity contribution in [1.29, 1.82) is 0 Å². The van der Waals surface area contributed by atoms with Gasteiger partial charge in [-0.1, -0.05) is 20.8 Å². The van der Waals surface area contributed by atoms with Gasteiger partial charge in [-0.2, -0.15) is 5.10 Å². The molecular formula is C29H41N3O2. The number of aromatic nitrogens is 3. The van der Waals surface area contributed by atoms with E-state index in [1.165, 1.54) is 25.7 Å². The fourth-order valence-electron chi connectivity index (χ4n) is 9.64. The normalized spacial score (nSPS) is 46.0. The molecule has 0 bridgehead atoms. The predicted octanol–water partition coefficient (Wildman–Crippen LogP) is 5.66. The van der Waals surface area contributed by atoms with Gasteiger partial charge in [-0.25, -0.2) is 0 Å². The van der Waals surface area contributed by atoms with Crippen LogP contribution in [0.5, 0.6) is 0 Å². The van der Waals surface area contributed by atoms with Gasteiger partial charge in [-0.3, -0.25) is 14.5 Å². The Balaban J connectivity index is 1.25. The van der Waals surface area contributed by atoms with Gasteiger partial charge in [0.15, 0.2) is 5.78 Å². The molecule has 0 radical (unpaired) electrons. The molecule has 34 heavy (non-hydrogen) atoms. The Morgan fingerprint density at radius 2 is 1.88 bits per heavy atom. The highest BCUT2D eigenvalue weighted by Crippen LogP contribution is 2.69. The van der Waals surface area contributed by atoms with Crippen LogP contribution in [0.4, 0.5) is 0 Å². The average molecular weight is 464 g/mol. The molecule has 2 heterocycles. The minimum atomic E-state index is -0.489. The van der Waals surface area contributed by atoms with Crippen molar-refractivity contribution in [2.45, 2.75) is 91.2 Å². The molecule has 5 heteroatoms. The minimum absolute atomic E-state index is 0.108. The smallest absolute Gasteiger partial charge is 0.157 e. The number of nitrogens with zero attached hydrogens (tertiary/aromatic N) is 3. The second-order valence-electron chi connectivity index (χ2n) is 13.3. The first-order chi connectivity index (χ1) is 16.1. The van der Waals surface area contributed by atoms with Gasteiger partial charge in [0.1, 0.15) is 6.54 Å². The van der Waals surface area contributed by atoms with Crippen molar-refractivity contribution in [2.75, 3.05) is 0 Å². The van der Waals surface area contributed by atoms with E-state index in [1.54, 1.807) is 6.20 Å². The largest absolute Gasteiger partial charge is 0.390 e. The number of hydrogen-bond donors (Lipinski definition) is 1. The van der Waals surface area contributed by atoms with Gasteiger partial charge in [0.25, 0.3) is 0 Å². The molecule has 0 amide bonds. The average Bonchev–Trinajstić information content (AvgIpc) is 3.35. The zero-order valence-electron chi connectivity index (χ0n) is 21.3. The second kappa shape index (κ2) is 7.62. The number of rotatable bonds is 3. The van der Waals surface area contributed by atoms with Crippen LogP contribution in [0.1, 0.15) is 79.1 Å². The fourth-order valence-corrected chi connectivity index (χ4v) is 9.64. The summed E-state index contributed by atoms with van der Waals surface area (Å²) < 4.78 is 1.86. The van der Waals surface area contributed by atoms with E-state index >= 15 is 0 Å². The highest BCUT2D eigenvalue weighted by Gasteiger charge is 2.63. The maximum absolute atomic E-state index is 13.7. The maximum Gasteiger partial charge on any atom is 0.157 e. The van der Waals surface area contributed by atoms with E-state index in [1.807, 2.05) is 30.1 Å². The van der Waals surface area contributed by atoms with Crippen LogP contribution < -0.4 is 0 Å². The van der Waals surface area contributed by atoms with Crippen molar-refractivity contribution < 1.29 is 9.90 Å². The molecule has 1 unspecified atom stereocenters. The third kappa shape index (κ3) is 3.25. The molecule has 4 fully saturated rings. The summed E-state index contributed by atoms with van der Waals surface area (Å²) in [6, 6.07) is 1.96. The van der Waals surface area contributed by atoms with Crippen LogP contribution in [0.15, 0.2) is 24.7 Å². The van der Waals surface area contributed by atoms with Crippen LogP contribution in [0.2, 0.25) is 0 Å². The van der Waals surface area contributed by atoms with Gasteiger partial charge in [-0.15, -0.1) is 0 Å². The summed E-state index contributed by atoms with van der Waals surface area (Å²) >= 11 is 0. The molecule has 2 aromatic heterocycles. The fraction of sp³-hybridized carbons (Fsp3) is 0.759. The lowest BCUT2D eigenvalue weighted by Crippen LogP contribution is -2.58. The van der Waals surface area contributed by atoms with E-state index < -0.39 is 5.60 Å². The summed E-state index contributed by atoms with van der Waals surface area (Å²) in [7, 11) is 0. The lowest BCUT2D eigenvalue weighted by molar-refractivity contribution is -0.166. The van der Waals surface area contributed by atoms with E-state index in [4.69, 9.17) is 0 Å². The van der Waals surface area contributed by atoms with Gasteiger partial charge in [-0.05, 0) is 105 Å². The van der Waals surface area contributed by atoms with Gasteiger partial charge >= 0.3 is 0 Å². The van der Waals surface area contributed by atoms with Crippen LogP contribution >= 0.6 is 0 Å². The first kappa shape index (κ1) is 22.7. The third-order valence-electron chi connectivity index (χ3n) is 11.5. The Kier molecular flexibility index (Phi) is 5.09. The van der Waals surface area contributed by atoms with Crippen LogP contribution in [0.25, 0.3) is 10.9 Å². The monoisotopic (exact) mass is 463 g/mol. The van der Waals surface area contributed by atoms with E-state index in [9.17, 15) is 9.90 Å². The van der Waals surface area contributed by atoms with Gasteiger partial charge in [0.2, 0.25) is 0 Å². The lowest BCUT2D eigenvalue weighted by atomic mass is 9.42. The maximum atomic E-state index is 13.7. The lowest BCUT2D eigenvalue weighted by Gasteiger charge is -2.63. The van der Waals surface area contributed by atoms with Crippen LogP contribution in [-0.4, -0.2) is 31.3 Å². The van der Waals surface area contributed by atoms with Crippen molar-refractivity contribution in [1.82, 2.24) is 14.8 Å². The SMILES string of the molecule is CC1C[C@H]2C[C@](C)(O)CC[C@]2(C)[C@H]2CC[C@]3(C)[C@@H](C(=O)Cn4ncc5ccncc54)CC[C@H]3[C@H]12. The number of ketones is 1. The Labute approximate surface area is 203 Å². The van der Waals surface area contributed by atoms with Crippen LogP contribution in [0, 0.1) is 46.3 Å². The molecule has 5 nitrogen and oxygen atoms in total. The van der Waals surface area contributed by atoms with Gasteiger partial charge < -0.3 is 5.11 Å². The Hall–Kier alpha value is -1.75. The Morgan fingerprint density at radius 1 is 1.09 bits per heavy atom. The topological polar surface area (TPSA) is 68.0 Å². The van der Waals surface area contributed by atoms with Crippen molar-refractivity contribution in [2.24, 2.45) is 46.3 Å². The molecule has 9 atom stereocenters. The van der Waals surface area contributed by atoms with Crippen LogP contribution in [-0.2, 0) is 11.3 Å². The number of aliphatic hydroxyl groups is 1. The molecule has 1 N–H and O–H groups in total. The number of pyridine rings is 1. The van der Waals surface area contributed by atoms with Crippen LogP contribution in [0.3, 0.4) is 0 Å². The van der Waals surface area contributed by atoms with E-state index in [0.29, 0.717) is 35.5 Å². The zero-order valence-corrected chi connectivity index (χ0v) is 21.3. The standard InChI is InChI=1S/C29H41N3O2/c1-18-13-20-14-27(2,34)10-11-28(20,3)23-7-9-29(4)21(5-6-22(29)26(18)23)25(33)17-32-24-16-30-12-8-19(24)15-31-32/h8,12,15-16,18,20-23,26,34H,5-7,9-11,13-14,17H2,1-4H3/t18?,20-,21+,22-,23-,26-,27+,28-,29+/m0/s1. The Bertz CT molecular complexity index is 1110. The van der Waals surface area contributed by atoms with E-state index in [0.717, 1.165) is 48.4 Å². The quantitative estimate of drug-likeness (QED) is 0.638. The summed E-state index contributed by atoms with van der Waals surface area (Å²) in [4.78, 5) is 18.0. The summed E-state index contributed by atoms with van der Waals surface area (Å²) in [5, 5.41) is 16.4. The number of fused-ring (bicyclic) bond motifs is 6. The van der Waals surface area contributed by atoms with E-state index in [2.05, 4.69) is 30.9 Å². The zero-order chi connectivity index (χ0) is 23.9. The summed E-state index contributed by atoms with van der Waals surface area (Å²) in [6.45, 7) is 9.88. The molecule has 4 aliphatic carbocycles. The molecule has 0 aromatic carbocycles. The van der Waals surface area contributed by atoms with Gasteiger partial charge in [0.05, 0.1) is 23.5 Å². The number of carbonyl (C=O) groups is 1. The van der Waals surface area contributed by atoms with Gasteiger partial charge in [0, 0.05) is 17.5 Å². The molecule has 0 saturated heterocycles. The summed E-state index contributed by atoms with van der Waals surface area (Å²) in [5.41, 5.74) is 0.921. The molecule has 4 aliphatic rings. The number of hydrogen-bond acceptors (Lipinski definition) is 4. The summed E-state index contributed by atoms with van der Waals surface area (Å²) in [5.74, 6) is 3.92. The highest BCUT2D eigenvalue weighted by molar-refractivity contribution is 5.84. The van der Waals surface area contributed by atoms with Crippen molar-refractivity contribution >= 4 is 16.7 Å².